The normalized spacial score (nSPS) is 20.9. The number of rotatable bonds is 6. The molecule has 17 heavy (non-hydrogen) atoms. The fraction of sp³-hybridized carbons (Fsp3) is 0.917. The van der Waals surface area contributed by atoms with E-state index in [1.807, 2.05) is 0 Å². The van der Waals surface area contributed by atoms with Crippen LogP contribution in [0.15, 0.2) is 4.99 Å². The summed E-state index contributed by atoms with van der Waals surface area (Å²) in [7, 11) is 1.77. The third-order valence-corrected chi connectivity index (χ3v) is 2.52. The maximum absolute atomic E-state index is 5.55. The Balaban J connectivity index is 1.98. The summed E-state index contributed by atoms with van der Waals surface area (Å²) in [5.74, 6) is 0.820. The van der Waals surface area contributed by atoms with E-state index >= 15 is 0 Å². The predicted octanol–water partition coefficient (Wildman–Crippen LogP) is 0.755. The Morgan fingerprint density at radius 3 is 2.94 bits per heavy atom. The molecule has 0 aromatic heterocycles. The number of ether oxygens (including phenoxy) is 2. The Labute approximate surface area is 104 Å². The van der Waals surface area contributed by atoms with Gasteiger partial charge in [0.2, 0.25) is 0 Å². The highest BCUT2D eigenvalue weighted by atomic mass is 16.5. The molecule has 0 spiro atoms. The van der Waals surface area contributed by atoms with Gasteiger partial charge in [-0.3, -0.25) is 4.99 Å². The van der Waals surface area contributed by atoms with Gasteiger partial charge in [-0.1, -0.05) is 0 Å². The minimum absolute atomic E-state index is 0.308. The van der Waals surface area contributed by atoms with Gasteiger partial charge >= 0.3 is 0 Å². The minimum Gasteiger partial charge on any atom is -0.377 e. The topological polar surface area (TPSA) is 54.9 Å². The highest BCUT2D eigenvalue weighted by Gasteiger charge is 2.14. The molecule has 100 valence electrons. The van der Waals surface area contributed by atoms with E-state index in [4.69, 9.17) is 9.47 Å². The zero-order valence-corrected chi connectivity index (χ0v) is 11.2. The van der Waals surface area contributed by atoms with Crippen LogP contribution in [0, 0.1) is 0 Å². The van der Waals surface area contributed by atoms with Crippen LogP contribution in [0.25, 0.3) is 0 Å². The van der Waals surface area contributed by atoms with Crippen LogP contribution in [0.2, 0.25) is 0 Å². The number of hydrogen-bond donors (Lipinski definition) is 2. The van der Waals surface area contributed by atoms with Gasteiger partial charge in [0.1, 0.15) is 0 Å². The smallest absolute Gasteiger partial charge is 0.191 e. The van der Waals surface area contributed by atoms with E-state index in [2.05, 4.69) is 29.5 Å². The maximum atomic E-state index is 5.55. The molecule has 0 saturated carbocycles. The van der Waals surface area contributed by atoms with Gasteiger partial charge in [-0.15, -0.1) is 0 Å². The van der Waals surface area contributed by atoms with Gasteiger partial charge in [-0.25, -0.2) is 0 Å². The average Bonchev–Trinajstić information content (AvgIpc) is 2.79. The van der Waals surface area contributed by atoms with Crippen molar-refractivity contribution in [2.45, 2.75) is 38.8 Å². The van der Waals surface area contributed by atoms with Crippen LogP contribution in [0.1, 0.15) is 26.7 Å². The Morgan fingerprint density at radius 1 is 1.53 bits per heavy atom. The molecule has 1 aliphatic heterocycles. The van der Waals surface area contributed by atoms with Gasteiger partial charge in [-0.05, 0) is 26.7 Å². The molecule has 1 heterocycles. The maximum Gasteiger partial charge on any atom is 0.191 e. The van der Waals surface area contributed by atoms with Crippen molar-refractivity contribution in [2.24, 2.45) is 4.99 Å². The third kappa shape index (κ3) is 6.48. The van der Waals surface area contributed by atoms with Crippen LogP contribution in [0.4, 0.5) is 0 Å². The van der Waals surface area contributed by atoms with Gasteiger partial charge in [-0.2, -0.15) is 0 Å². The molecule has 2 N–H and O–H groups in total. The van der Waals surface area contributed by atoms with Gasteiger partial charge in [0.15, 0.2) is 5.96 Å². The van der Waals surface area contributed by atoms with Crippen LogP contribution in [-0.2, 0) is 9.47 Å². The molecule has 1 aliphatic rings. The summed E-state index contributed by atoms with van der Waals surface area (Å²) in [6, 6.07) is 0.383. The number of nitrogens with zero attached hydrogens (tertiary/aromatic N) is 1. The van der Waals surface area contributed by atoms with E-state index in [0.717, 1.165) is 32.0 Å². The zero-order valence-electron chi connectivity index (χ0n) is 11.2. The first-order valence-electron chi connectivity index (χ1n) is 6.39. The summed E-state index contributed by atoms with van der Waals surface area (Å²) in [6.07, 6.45) is 2.60. The fourth-order valence-electron chi connectivity index (χ4n) is 1.70. The first-order valence-corrected chi connectivity index (χ1v) is 6.39. The summed E-state index contributed by atoms with van der Waals surface area (Å²) >= 11 is 0. The summed E-state index contributed by atoms with van der Waals surface area (Å²) in [6.45, 7) is 7.20. The van der Waals surface area contributed by atoms with E-state index < -0.39 is 0 Å². The van der Waals surface area contributed by atoms with Crippen molar-refractivity contribution >= 4 is 5.96 Å². The number of aliphatic imine (C=N–C) groups is 1. The van der Waals surface area contributed by atoms with Crippen LogP contribution >= 0.6 is 0 Å². The monoisotopic (exact) mass is 243 g/mol. The largest absolute Gasteiger partial charge is 0.377 e. The van der Waals surface area contributed by atoms with Crippen molar-refractivity contribution in [1.29, 1.82) is 0 Å². The molecule has 0 amide bonds. The lowest BCUT2D eigenvalue weighted by Gasteiger charge is -2.15. The molecule has 5 nitrogen and oxygen atoms in total. The molecule has 0 aromatic carbocycles. The summed E-state index contributed by atoms with van der Waals surface area (Å²) in [5.41, 5.74) is 0. The van der Waals surface area contributed by atoms with Gasteiger partial charge in [0, 0.05) is 26.2 Å². The molecule has 1 saturated heterocycles. The second-order valence-electron chi connectivity index (χ2n) is 4.51. The van der Waals surface area contributed by atoms with Gasteiger partial charge < -0.3 is 20.1 Å². The zero-order chi connectivity index (χ0) is 12.5. The molecular formula is C12H25N3O2. The van der Waals surface area contributed by atoms with Crippen LogP contribution in [-0.4, -0.2) is 51.5 Å². The second kappa shape index (κ2) is 8.31. The SMILES string of the molecule is CN=C(NCCOCC1CCCO1)NC(C)C. The summed E-state index contributed by atoms with van der Waals surface area (Å²) in [4.78, 5) is 4.12. The van der Waals surface area contributed by atoms with E-state index in [0.29, 0.717) is 25.4 Å². The molecule has 0 aliphatic carbocycles. The van der Waals surface area contributed by atoms with Crippen molar-refractivity contribution in [3.8, 4) is 0 Å². The Hall–Kier alpha value is -0.810. The lowest BCUT2D eigenvalue weighted by molar-refractivity contribution is 0.0191. The third-order valence-electron chi connectivity index (χ3n) is 2.52. The van der Waals surface area contributed by atoms with Gasteiger partial charge in [0.25, 0.3) is 0 Å². The standard InChI is InChI=1S/C12H25N3O2/c1-10(2)15-12(13-3)14-6-8-16-9-11-5-4-7-17-11/h10-11H,4-9H2,1-3H3,(H2,13,14,15). The average molecular weight is 243 g/mol. The van der Waals surface area contributed by atoms with Crippen molar-refractivity contribution in [3.63, 3.8) is 0 Å². The van der Waals surface area contributed by atoms with E-state index in [-0.39, 0.29) is 0 Å². The number of guanidine groups is 1. The van der Waals surface area contributed by atoms with Gasteiger partial charge in [0.05, 0.1) is 19.3 Å². The predicted molar refractivity (Wildman–Crippen MR) is 69.4 cm³/mol. The Morgan fingerprint density at radius 2 is 2.35 bits per heavy atom. The number of hydrogen-bond acceptors (Lipinski definition) is 3. The lowest BCUT2D eigenvalue weighted by Crippen LogP contribution is -2.42. The highest BCUT2D eigenvalue weighted by Crippen LogP contribution is 2.11. The molecule has 1 atom stereocenters. The van der Waals surface area contributed by atoms with Crippen molar-refractivity contribution < 1.29 is 9.47 Å². The quantitative estimate of drug-likeness (QED) is 0.411. The molecule has 5 heteroatoms. The van der Waals surface area contributed by atoms with Crippen LogP contribution in [0.3, 0.4) is 0 Å². The Kier molecular flexibility index (Phi) is 6.96. The fourth-order valence-corrected chi connectivity index (χ4v) is 1.70. The second-order valence-corrected chi connectivity index (χ2v) is 4.51. The van der Waals surface area contributed by atoms with Crippen LogP contribution in [0.5, 0.6) is 0 Å². The lowest BCUT2D eigenvalue weighted by atomic mass is 10.2. The molecule has 0 radical (unpaired) electrons. The van der Waals surface area contributed by atoms with E-state index in [1.165, 1.54) is 0 Å². The molecule has 1 unspecified atom stereocenters. The molecular weight excluding hydrogens is 218 g/mol. The molecule has 1 fully saturated rings. The Bertz CT molecular complexity index is 226. The molecule has 1 rings (SSSR count). The van der Waals surface area contributed by atoms with Crippen molar-refractivity contribution in [3.05, 3.63) is 0 Å². The first-order chi connectivity index (χ1) is 8.22. The molecule has 0 bridgehead atoms. The van der Waals surface area contributed by atoms with Crippen LogP contribution < -0.4 is 10.6 Å². The highest BCUT2D eigenvalue weighted by molar-refractivity contribution is 5.79. The first kappa shape index (κ1) is 14.3. The molecule has 0 aromatic rings. The number of nitrogens with one attached hydrogen (secondary N) is 2. The van der Waals surface area contributed by atoms with Crippen molar-refractivity contribution in [1.82, 2.24) is 10.6 Å². The van der Waals surface area contributed by atoms with E-state index in [1.54, 1.807) is 7.05 Å². The summed E-state index contributed by atoms with van der Waals surface area (Å²) < 4.78 is 11.0. The van der Waals surface area contributed by atoms with E-state index in [9.17, 15) is 0 Å². The minimum atomic E-state index is 0.308. The summed E-state index contributed by atoms with van der Waals surface area (Å²) in [5, 5.41) is 6.42. The van der Waals surface area contributed by atoms with Crippen molar-refractivity contribution in [2.75, 3.05) is 33.4 Å².